The van der Waals surface area contributed by atoms with Gasteiger partial charge in [-0.05, 0) is 93.5 Å². The Kier molecular flexibility index (Phi) is 4.80. The van der Waals surface area contributed by atoms with Gasteiger partial charge in [0.05, 0.1) is 15.9 Å². The highest BCUT2D eigenvalue weighted by molar-refractivity contribution is 9.10. The van der Waals surface area contributed by atoms with Crippen molar-refractivity contribution in [2.24, 2.45) is 33.9 Å². The molecule has 0 radical (unpaired) electrons. The summed E-state index contributed by atoms with van der Waals surface area (Å²) in [6.45, 7) is 8.03. The summed E-state index contributed by atoms with van der Waals surface area (Å²) < 4.78 is 2.90. The molecule has 5 rings (SSSR count). The minimum Gasteiger partial charge on any atom is -0.369 e. The number of nitriles is 1. The normalized spacial score (nSPS) is 33.6. The van der Waals surface area contributed by atoms with Crippen molar-refractivity contribution in [3.05, 3.63) is 15.9 Å². The van der Waals surface area contributed by atoms with Crippen LogP contribution in [0, 0.1) is 48.5 Å². The standard InChI is InChI=1S/C21H29BrN6O/c1-11-16(22)12(2)28(27-11)20(3,4)19(25-10-23)26-17-14-5-13-6-15(17)9-21(7-13,8-14)18(24)29/h13-15,17H,5-9H2,1-4H3,(H2,24,29)(H,25,26). The Labute approximate surface area is 180 Å². The number of primary amides is 1. The molecule has 4 aliphatic rings. The van der Waals surface area contributed by atoms with Gasteiger partial charge in [-0.3, -0.25) is 9.48 Å². The van der Waals surface area contributed by atoms with Crippen LogP contribution in [0.2, 0.25) is 0 Å². The van der Waals surface area contributed by atoms with Gasteiger partial charge in [-0.25, -0.2) is 0 Å². The number of aromatic nitrogens is 2. The van der Waals surface area contributed by atoms with E-state index in [0.717, 1.165) is 48.0 Å². The first kappa shape index (κ1) is 20.4. The smallest absolute Gasteiger partial charge is 0.223 e. The quantitative estimate of drug-likeness (QED) is 0.408. The summed E-state index contributed by atoms with van der Waals surface area (Å²) in [7, 11) is 0. The van der Waals surface area contributed by atoms with Crippen LogP contribution in [0.1, 0.15) is 57.3 Å². The van der Waals surface area contributed by atoms with E-state index in [4.69, 9.17) is 5.73 Å². The number of hydrogen-bond acceptors (Lipinski definition) is 4. The zero-order valence-corrected chi connectivity index (χ0v) is 19.1. The Hall–Kier alpha value is -1.88. The van der Waals surface area contributed by atoms with E-state index < -0.39 is 5.54 Å². The molecule has 1 aromatic heterocycles. The summed E-state index contributed by atoms with van der Waals surface area (Å²) in [5.41, 5.74) is 6.80. The van der Waals surface area contributed by atoms with Gasteiger partial charge in [-0.2, -0.15) is 15.4 Å². The fourth-order valence-corrected chi connectivity index (χ4v) is 6.63. The van der Waals surface area contributed by atoms with Crippen molar-refractivity contribution < 1.29 is 4.79 Å². The number of nitrogens with two attached hydrogens (primary N) is 1. The Morgan fingerprint density at radius 3 is 2.45 bits per heavy atom. The van der Waals surface area contributed by atoms with Crippen LogP contribution in [-0.4, -0.2) is 27.6 Å². The van der Waals surface area contributed by atoms with Gasteiger partial charge in [0.1, 0.15) is 11.4 Å². The molecular formula is C21H29BrN6O. The van der Waals surface area contributed by atoms with Crippen LogP contribution in [0.4, 0.5) is 0 Å². The first-order chi connectivity index (χ1) is 13.6. The Morgan fingerprint density at radius 2 is 1.97 bits per heavy atom. The molecule has 1 aromatic rings. The predicted molar refractivity (Wildman–Crippen MR) is 114 cm³/mol. The van der Waals surface area contributed by atoms with Crippen molar-refractivity contribution in [1.82, 2.24) is 15.1 Å². The van der Waals surface area contributed by atoms with Crippen molar-refractivity contribution >= 4 is 27.7 Å². The molecule has 0 spiro atoms. The van der Waals surface area contributed by atoms with Gasteiger partial charge in [-0.15, -0.1) is 0 Å². The van der Waals surface area contributed by atoms with E-state index in [0.29, 0.717) is 23.6 Å². The van der Waals surface area contributed by atoms with Crippen LogP contribution in [0.25, 0.3) is 0 Å². The number of halogens is 1. The topological polar surface area (TPSA) is 109 Å². The predicted octanol–water partition coefficient (Wildman–Crippen LogP) is 3.15. The average Bonchev–Trinajstić information content (AvgIpc) is 2.91. The lowest BCUT2D eigenvalue weighted by atomic mass is 9.47. The van der Waals surface area contributed by atoms with E-state index in [1.165, 1.54) is 0 Å². The fraction of sp³-hybridized carbons (Fsp3) is 0.714. The first-order valence-corrected chi connectivity index (χ1v) is 11.1. The van der Waals surface area contributed by atoms with Crippen molar-refractivity contribution in [2.75, 3.05) is 0 Å². The lowest BCUT2D eigenvalue weighted by molar-refractivity contribution is -0.145. The van der Waals surface area contributed by atoms with Gasteiger partial charge in [0, 0.05) is 11.5 Å². The summed E-state index contributed by atoms with van der Waals surface area (Å²) in [4.78, 5) is 16.4. The summed E-state index contributed by atoms with van der Waals surface area (Å²) in [5.74, 6) is 1.87. The zero-order valence-electron chi connectivity index (χ0n) is 17.5. The summed E-state index contributed by atoms with van der Waals surface area (Å²) >= 11 is 3.60. The van der Waals surface area contributed by atoms with Crippen LogP contribution in [0.5, 0.6) is 0 Å². The van der Waals surface area contributed by atoms with Crippen LogP contribution < -0.4 is 11.1 Å². The average molecular weight is 461 g/mol. The van der Waals surface area contributed by atoms with Crippen LogP contribution >= 0.6 is 15.9 Å². The molecule has 1 heterocycles. The summed E-state index contributed by atoms with van der Waals surface area (Å²) in [6.07, 6.45) is 6.86. The lowest BCUT2D eigenvalue weighted by Crippen LogP contribution is -2.63. The van der Waals surface area contributed by atoms with E-state index in [1.807, 2.05) is 38.6 Å². The van der Waals surface area contributed by atoms with Crippen LogP contribution in [-0.2, 0) is 10.3 Å². The minimum absolute atomic E-state index is 0.130. The number of nitrogens with one attached hydrogen (secondary N) is 1. The number of amidine groups is 1. The highest BCUT2D eigenvalue weighted by Crippen LogP contribution is 2.60. The van der Waals surface area contributed by atoms with Crippen LogP contribution in [0.15, 0.2) is 9.47 Å². The minimum atomic E-state index is -0.605. The van der Waals surface area contributed by atoms with Gasteiger partial charge in [0.25, 0.3) is 0 Å². The van der Waals surface area contributed by atoms with E-state index >= 15 is 0 Å². The van der Waals surface area contributed by atoms with E-state index in [-0.39, 0.29) is 17.4 Å². The number of hydrogen-bond donors (Lipinski definition) is 2. The van der Waals surface area contributed by atoms with Gasteiger partial charge in [-0.1, -0.05) is 0 Å². The molecule has 8 heteroatoms. The third-order valence-corrected chi connectivity index (χ3v) is 8.72. The fourth-order valence-electron chi connectivity index (χ4n) is 6.38. The molecule has 1 amide bonds. The molecule has 0 aliphatic heterocycles. The number of rotatable bonds is 4. The highest BCUT2D eigenvalue weighted by Gasteiger charge is 2.58. The van der Waals surface area contributed by atoms with Gasteiger partial charge < -0.3 is 11.1 Å². The molecule has 156 valence electrons. The molecule has 0 saturated heterocycles. The molecule has 4 saturated carbocycles. The maximum Gasteiger partial charge on any atom is 0.223 e. The monoisotopic (exact) mass is 460 g/mol. The highest BCUT2D eigenvalue weighted by atomic mass is 79.9. The molecule has 7 nitrogen and oxygen atoms in total. The Balaban J connectivity index is 1.63. The van der Waals surface area contributed by atoms with E-state index in [1.54, 1.807) is 0 Å². The molecular weight excluding hydrogens is 432 g/mol. The second-order valence-corrected chi connectivity index (χ2v) is 10.6. The second-order valence-electron chi connectivity index (χ2n) is 9.80. The number of carbonyl (C=O) groups is 1. The molecule has 4 fully saturated rings. The number of amides is 1. The SMILES string of the molecule is Cc1nn(C(C)(C)/C(=N/C#N)NC2C3CC4CC2CC(C(N)=O)(C4)C3)c(C)c1Br. The van der Waals surface area contributed by atoms with Crippen molar-refractivity contribution in [3.8, 4) is 6.19 Å². The number of aryl methyl sites for hydroxylation is 1. The van der Waals surface area contributed by atoms with Gasteiger partial charge >= 0.3 is 0 Å². The van der Waals surface area contributed by atoms with Crippen LogP contribution in [0.3, 0.4) is 0 Å². The summed E-state index contributed by atoms with van der Waals surface area (Å²) in [6, 6.07) is 0.214. The zero-order chi connectivity index (χ0) is 21.1. The Bertz CT molecular complexity index is 910. The molecule has 2 atom stereocenters. The van der Waals surface area contributed by atoms with E-state index in [2.05, 4.69) is 31.3 Å². The molecule has 0 aromatic carbocycles. The summed E-state index contributed by atoms with van der Waals surface area (Å²) in [5, 5.41) is 17.7. The van der Waals surface area contributed by atoms with Crippen molar-refractivity contribution in [2.45, 2.75) is 71.4 Å². The molecule has 4 aliphatic carbocycles. The van der Waals surface area contributed by atoms with Crippen molar-refractivity contribution in [3.63, 3.8) is 0 Å². The third kappa shape index (κ3) is 3.09. The lowest BCUT2D eigenvalue weighted by Gasteiger charge is -2.59. The van der Waals surface area contributed by atoms with Gasteiger partial charge in [0.15, 0.2) is 0 Å². The first-order valence-electron chi connectivity index (χ1n) is 10.3. The third-order valence-electron chi connectivity index (χ3n) is 7.57. The number of carbonyl (C=O) groups excluding carboxylic acids is 1. The van der Waals surface area contributed by atoms with Crippen molar-refractivity contribution in [1.29, 1.82) is 5.26 Å². The Morgan fingerprint density at radius 1 is 1.34 bits per heavy atom. The largest absolute Gasteiger partial charge is 0.369 e. The van der Waals surface area contributed by atoms with E-state index in [9.17, 15) is 10.1 Å². The molecule has 4 bridgehead atoms. The maximum absolute atomic E-state index is 12.2. The maximum atomic E-state index is 12.2. The second kappa shape index (κ2) is 6.83. The van der Waals surface area contributed by atoms with Gasteiger partial charge in [0.2, 0.25) is 12.1 Å². The molecule has 3 N–H and O–H groups in total. The molecule has 2 unspecified atom stereocenters. The molecule has 29 heavy (non-hydrogen) atoms. The number of nitrogens with zero attached hydrogens (tertiary/aromatic N) is 4. The number of aliphatic imine (C=N–C) groups is 1.